The van der Waals surface area contributed by atoms with E-state index in [9.17, 15) is 9.18 Å². The lowest BCUT2D eigenvalue weighted by molar-refractivity contribution is -0.127. The number of nitrogens with zero attached hydrogens (tertiary/aromatic N) is 1. The minimum Gasteiger partial charge on any atom is -0.349 e. The van der Waals surface area contributed by atoms with Crippen LogP contribution in [0.4, 0.5) is 4.39 Å². The maximum atomic E-state index is 14.0. The van der Waals surface area contributed by atoms with Crippen molar-refractivity contribution >= 4 is 17.5 Å². The molecular weight excluding hydrogens is 387 g/mol. The molecule has 1 amide bonds. The number of carbonyl (C=O) groups excluding carboxylic acids is 1. The topological polar surface area (TPSA) is 32.3 Å². The van der Waals surface area contributed by atoms with Gasteiger partial charge in [0.1, 0.15) is 5.82 Å². The van der Waals surface area contributed by atoms with Crippen molar-refractivity contribution in [3.05, 3.63) is 69.0 Å². The number of piperidine rings is 1. The average Bonchev–Trinajstić information content (AvgIpc) is 2.68. The van der Waals surface area contributed by atoms with Gasteiger partial charge in [-0.1, -0.05) is 29.8 Å². The minimum absolute atomic E-state index is 0.00311. The molecule has 2 aromatic rings. The average molecular weight is 417 g/mol. The summed E-state index contributed by atoms with van der Waals surface area (Å²) in [6.07, 6.45) is 1.55. The molecule has 3 nitrogen and oxygen atoms in total. The number of benzene rings is 2. The smallest absolute Gasteiger partial charge is 0.223 e. The lowest BCUT2D eigenvalue weighted by atomic mass is 9.93. The molecule has 1 N–H and O–H groups in total. The number of amides is 1. The van der Waals surface area contributed by atoms with Crippen molar-refractivity contribution in [3.63, 3.8) is 0 Å². The SMILES string of the molecule is Cc1cc(C)c(C(C)NC(=O)C2CCN(Cc3c(F)cccc3Cl)CC2)cc1C. The van der Waals surface area contributed by atoms with Crippen LogP contribution in [-0.2, 0) is 11.3 Å². The quantitative estimate of drug-likeness (QED) is 0.698. The number of hydrogen-bond acceptors (Lipinski definition) is 2. The van der Waals surface area contributed by atoms with E-state index < -0.39 is 0 Å². The van der Waals surface area contributed by atoms with Crippen molar-refractivity contribution in [2.75, 3.05) is 13.1 Å². The summed E-state index contributed by atoms with van der Waals surface area (Å²) in [4.78, 5) is 15.0. The van der Waals surface area contributed by atoms with E-state index >= 15 is 0 Å². The first-order valence-electron chi connectivity index (χ1n) is 10.3. The number of halogens is 2. The largest absolute Gasteiger partial charge is 0.349 e. The maximum Gasteiger partial charge on any atom is 0.223 e. The minimum atomic E-state index is -0.269. The maximum absolute atomic E-state index is 14.0. The van der Waals surface area contributed by atoms with E-state index in [0.29, 0.717) is 17.1 Å². The standard InChI is InChI=1S/C24H30ClFN2O/c1-15-12-17(3)20(13-16(15)2)18(4)27-24(29)19-8-10-28(11-9-19)14-21-22(25)6-5-7-23(21)26/h5-7,12-13,18-19H,8-11,14H2,1-4H3,(H,27,29). The molecule has 1 atom stereocenters. The highest BCUT2D eigenvalue weighted by atomic mass is 35.5. The molecule has 1 saturated heterocycles. The highest BCUT2D eigenvalue weighted by molar-refractivity contribution is 6.31. The van der Waals surface area contributed by atoms with Crippen molar-refractivity contribution in [3.8, 4) is 0 Å². The Kier molecular flexibility index (Phi) is 6.97. The van der Waals surface area contributed by atoms with Gasteiger partial charge in [0.25, 0.3) is 0 Å². The third-order valence-electron chi connectivity index (χ3n) is 6.11. The second-order valence-electron chi connectivity index (χ2n) is 8.27. The zero-order chi connectivity index (χ0) is 21.1. The fourth-order valence-electron chi connectivity index (χ4n) is 4.12. The second-order valence-corrected chi connectivity index (χ2v) is 8.68. The highest BCUT2D eigenvalue weighted by Crippen LogP contribution is 2.26. The first-order valence-corrected chi connectivity index (χ1v) is 10.7. The van der Waals surface area contributed by atoms with Gasteiger partial charge in [-0.3, -0.25) is 9.69 Å². The summed E-state index contributed by atoms with van der Waals surface area (Å²) in [5.41, 5.74) is 5.43. The third-order valence-corrected chi connectivity index (χ3v) is 6.46. The van der Waals surface area contributed by atoms with Crippen molar-refractivity contribution < 1.29 is 9.18 Å². The second kappa shape index (κ2) is 9.27. The summed E-state index contributed by atoms with van der Waals surface area (Å²) in [7, 11) is 0. The predicted octanol–water partition coefficient (Wildman–Crippen LogP) is 5.49. The summed E-state index contributed by atoms with van der Waals surface area (Å²) in [6, 6.07) is 9.12. The van der Waals surface area contributed by atoms with Gasteiger partial charge in [-0.25, -0.2) is 4.39 Å². The first-order chi connectivity index (χ1) is 13.8. The van der Waals surface area contributed by atoms with E-state index in [0.717, 1.165) is 25.9 Å². The molecule has 0 radical (unpaired) electrons. The number of carbonyl (C=O) groups is 1. The molecule has 0 bridgehead atoms. The van der Waals surface area contributed by atoms with Gasteiger partial charge in [0.2, 0.25) is 5.91 Å². The van der Waals surface area contributed by atoms with Crippen LogP contribution in [0.2, 0.25) is 5.02 Å². The molecule has 1 heterocycles. The number of likely N-dealkylation sites (tertiary alicyclic amines) is 1. The fourth-order valence-corrected chi connectivity index (χ4v) is 4.34. The van der Waals surface area contributed by atoms with Gasteiger partial charge in [0.05, 0.1) is 6.04 Å². The summed E-state index contributed by atoms with van der Waals surface area (Å²) < 4.78 is 14.0. The molecule has 1 aliphatic heterocycles. The van der Waals surface area contributed by atoms with Gasteiger partial charge in [0, 0.05) is 23.0 Å². The Bertz CT molecular complexity index is 870. The molecule has 1 fully saturated rings. The lowest BCUT2D eigenvalue weighted by Gasteiger charge is -2.32. The Labute approximate surface area is 178 Å². The van der Waals surface area contributed by atoms with Crippen LogP contribution in [-0.4, -0.2) is 23.9 Å². The Morgan fingerprint density at radius 2 is 1.83 bits per heavy atom. The van der Waals surface area contributed by atoms with Crippen molar-refractivity contribution in [2.24, 2.45) is 5.92 Å². The summed E-state index contributed by atoms with van der Waals surface area (Å²) >= 11 is 6.15. The van der Waals surface area contributed by atoms with E-state index in [2.05, 4.69) is 43.1 Å². The zero-order valence-corrected chi connectivity index (χ0v) is 18.4. The molecule has 29 heavy (non-hydrogen) atoms. The summed E-state index contributed by atoms with van der Waals surface area (Å²) in [5.74, 6) is -0.162. The van der Waals surface area contributed by atoms with Gasteiger partial charge in [0.15, 0.2) is 0 Å². The van der Waals surface area contributed by atoms with Crippen LogP contribution in [0.15, 0.2) is 30.3 Å². The van der Waals surface area contributed by atoms with Gasteiger partial charge in [-0.05, 0) is 88.0 Å². The molecule has 1 aliphatic rings. The van der Waals surface area contributed by atoms with Gasteiger partial charge >= 0.3 is 0 Å². The predicted molar refractivity (Wildman–Crippen MR) is 117 cm³/mol. The van der Waals surface area contributed by atoms with E-state index in [-0.39, 0.29) is 23.7 Å². The lowest BCUT2D eigenvalue weighted by Crippen LogP contribution is -2.41. The molecule has 156 valence electrons. The highest BCUT2D eigenvalue weighted by Gasteiger charge is 2.27. The number of rotatable bonds is 5. The molecule has 3 rings (SSSR count). The Morgan fingerprint density at radius 3 is 2.48 bits per heavy atom. The van der Waals surface area contributed by atoms with E-state index in [1.807, 2.05) is 6.92 Å². The molecule has 5 heteroatoms. The molecule has 1 unspecified atom stereocenters. The van der Waals surface area contributed by atoms with Gasteiger partial charge in [-0.2, -0.15) is 0 Å². The third kappa shape index (κ3) is 5.18. The summed E-state index contributed by atoms with van der Waals surface area (Å²) in [6.45, 7) is 10.4. The Balaban J connectivity index is 1.55. The van der Waals surface area contributed by atoms with Gasteiger partial charge < -0.3 is 5.32 Å². The number of hydrogen-bond donors (Lipinski definition) is 1. The van der Waals surface area contributed by atoms with Gasteiger partial charge in [-0.15, -0.1) is 0 Å². The Hall–Kier alpha value is -1.91. The van der Waals surface area contributed by atoms with Crippen LogP contribution in [0.3, 0.4) is 0 Å². The van der Waals surface area contributed by atoms with Crippen molar-refractivity contribution in [1.82, 2.24) is 10.2 Å². The van der Waals surface area contributed by atoms with Crippen LogP contribution in [0, 0.1) is 32.5 Å². The molecule has 2 aromatic carbocycles. The monoisotopic (exact) mass is 416 g/mol. The number of aryl methyl sites for hydroxylation is 3. The summed E-state index contributed by atoms with van der Waals surface area (Å²) in [5, 5.41) is 3.66. The van der Waals surface area contributed by atoms with Crippen LogP contribution in [0.1, 0.15) is 53.6 Å². The zero-order valence-electron chi connectivity index (χ0n) is 17.7. The number of nitrogens with one attached hydrogen (secondary N) is 1. The van der Waals surface area contributed by atoms with Crippen LogP contribution < -0.4 is 5.32 Å². The van der Waals surface area contributed by atoms with E-state index in [1.54, 1.807) is 12.1 Å². The molecule has 0 spiro atoms. The molecule has 0 aliphatic carbocycles. The van der Waals surface area contributed by atoms with Crippen molar-refractivity contribution in [1.29, 1.82) is 0 Å². The van der Waals surface area contributed by atoms with Crippen molar-refractivity contribution in [2.45, 2.75) is 53.1 Å². The normalized spacial score (nSPS) is 16.6. The fraction of sp³-hybridized carbons (Fsp3) is 0.458. The Morgan fingerprint density at radius 1 is 1.17 bits per heavy atom. The van der Waals surface area contributed by atoms with E-state index in [1.165, 1.54) is 28.3 Å². The molecule has 0 aromatic heterocycles. The van der Waals surface area contributed by atoms with Crippen LogP contribution in [0.25, 0.3) is 0 Å². The molecular formula is C24H30ClFN2O. The molecule has 0 saturated carbocycles. The van der Waals surface area contributed by atoms with Crippen LogP contribution in [0.5, 0.6) is 0 Å². The first kappa shape index (κ1) is 21.8. The van der Waals surface area contributed by atoms with E-state index in [4.69, 9.17) is 11.6 Å². The van der Waals surface area contributed by atoms with Crippen LogP contribution >= 0.6 is 11.6 Å².